The van der Waals surface area contributed by atoms with Gasteiger partial charge in [0, 0.05) is 12.8 Å². The molecule has 0 fully saturated rings. The summed E-state index contributed by atoms with van der Waals surface area (Å²) in [4.78, 5) is 35.0. The van der Waals surface area contributed by atoms with Gasteiger partial charge >= 0.3 is 19.8 Å². The van der Waals surface area contributed by atoms with Crippen LogP contribution in [-0.4, -0.2) is 65.7 Å². The summed E-state index contributed by atoms with van der Waals surface area (Å²) in [6.07, 6.45) is 48.4. The van der Waals surface area contributed by atoms with Crippen LogP contribution in [0.15, 0.2) is 85.1 Å². The summed E-state index contributed by atoms with van der Waals surface area (Å²) in [6.45, 7) is 2.21. The van der Waals surface area contributed by atoms with E-state index in [-0.39, 0.29) is 19.4 Å². The van der Waals surface area contributed by atoms with Crippen molar-refractivity contribution < 1.29 is 47.8 Å². The number of aliphatic hydroxyl groups is 2. The van der Waals surface area contributed by atoms with Crippen LogP contribution in [0.5, 0.6) is 0 Å². The third-order valence-electron chi connectivity index (χ3n) is 8.52. The highest BCUT2D eigenvalue weighted by atomic mass is 31.2. The largest absolute Gasteiger partial charge is 0.472 e. The molecule has 57 heavy (non-hydrogen) atoms. The van der Waals surface area contributed by atoms with Crippen molar-refractivity contribution in [1.82, 2.24) is 0 Å². The molecule has 0 aromatic rings. The monoisotopic (exact) mass is 821 g/mol. The van der Waals surface area contributed by atoms with Gasteiger partial charge in [-0.1, -0.05) is 137 Å². The second-order valence-corrected chi connectivity index (χ2v) is 15.5. The van der Waals surface area contributed by atoms with Crippen molar-refractivity contribution in [2.45, 2.75) is 167 Å². The van der Waals surface area contributed by atoms with E-state index in [1.165, 1.54) is 38.5 Å². The van der Waals surface area contributed by atoms with Gasteiger partial charge in [-0.3, -0.25) is 18.6 Å². The number of ether oxygens (including phenoxy) is 2. The Morgan fingerprint density at radius 2 is 0.930 bits per heavy atom. The lowest BCUT2D eigenvalue weighted by atomic mass is 10.1. The first-order valence-electron chi connectivity index (χ1n) is 21.5. The lowest BCUT2D eigenvalue weighted by molar-refractivity contribution is -0.161. The maximum absolute atomic E-state index is 12.6. The molecular weight excluding hydrogens is 743 g/mol. The first-order chi connectivity index (χ1) is 27.7. The van der Waals surface area contributed by atoms with Crippen LogP contribution in [0.4, 0.5) is 0 Å². The Balaban J connectivity index is 4.46. The van der Waals surface area contributed by atoms with Gasteiger partial charge < -0.3 is 24.6 Å². The lowest BCUT2D eigenvalue weighted by Gasteiger charge is -2.20. The molecule has 0 spiro atoms. The molecule has 326 valence electrons. The summed E-state index contributed by atoms with van der Waals surface area (Å²) >= 11 is 0. The number of allylic oxidation sites excluding steroid dienone is 14. The molecule has 3 atom stereocenters. The first kappa shape index (κ1) is 54.2. The van der Waals surface area contributed by atoms with Gasteiger partial charge in [-0.25, -0.2) is 4.57 Å². The number of hydrogen-bond donors (Lipinski definition) is 3. The van der Waals surface area contributed by atoms with Gasteiger partial charge in [0.2, 0.25) is 0 Å². The van der Waals surface area contributed by atoms with Gasteiger partial charge in [-0.15, -0.1) is 0 Å². The molecule has 0 amide bonds. The van der Waals surface area contributed by atoms with E-state index < -0.39 is 51.8 Å². The van der Waals surface area contributed by atoms with Crippen molar-refractivity contribution in [2.24, 2.45) is 0 Å². The summed E-state index contributed by atoms with van der Waals surface area (Å²) in [6, 6.07) is 0. The van der Waals surface area contributed by atoms with Gasteiger partial charge in [0.05, 0.1) is 19.8 Å². The summed E-state index contributed by atoms with van der Waals surface area (Å²) in [5.41, 5.74) is 0. The molecule has 0 aromatic carbocycles. The minimum absolute atomic E-state index is 0.142. The van der Waals surface area contributed by atoms with Crippen molar-refractivity contribution >= 4 is 19.8 Å². The number of rotatable bonds is 39. The quantitative estimate of drug-likeness (QED) is 0.0237. The molecule has 0 aromatic heterocycles. The minimum atomic E-state index is -4.64. The standard InChI is InChI=1S/C46H77O10P/c1-3-5-7-9-11-13-15-17-19-21-23-25-27-29-31-33-35-37-45(49)53-41-44(42-55-57(51,52)54-40-43(48)39-47)56-46(50)38-36-34-32-30-28-26-24-22-20-18-16-14-12-10-8-6-4-2/h11-14,17-20,23-26,29,31,43-44,47-48H,3-10,15-16,21-22,27-28,30,32-42H2,1-2H3,(H,51,52)/b13-11+,14-12+,19-17+,20-18+,25-23+,26-24+,31-29+/t43-,44+/m0/s1. The Morgan fingerprint density at radius 1 is 0.526 bits per heavy atom. The summed E-state index contributed by atoms with van der Waals surface area (Å²) < 4.78 is 32.6. The maximum atomic E-state index is 12.6. The number of phosphoric acid groups is 1. The predicted molar refractivity (Wildman–Crippen MR) is 233 cm³/mol. The molecule has 0 heterocycles. The molecule has 3 N–H and O–H groups in total. The Morgan fingerprint density at radius 3 is 1.40 bits per heavy atom. The predicted octanol–water partition coefficient (Wildman–Crippen LogP) is 11.4. The summed E-state index contributed by atoms with van der Waals surface area (Å²) in [5, 5.41) is 18.3. The average molecular weight is 821 g/mol. The zero-order chi connectivity index (χ0) is 41.9. The fourth-order valence-corrected chi connectivity index (χ4v) is 5.96. The highest BCUT2D eigenvalue weighted by Crippen LogP contribution is 2.43. The van der Waals surface area contributed by atoms with Gasteiger partial charge in [-0.2, -0.15) is 0 Å². The summed E-state index contributed by atoms with van der Waals surface area (Å²) in [7, 11) is -4.64. The Bertz CT molecular complexity index is 1220. The fourth-order valence-electron chi connectivity index (χ4n) is 5.17. The van der Waals surface area contributed by atoms with Gasteiger partial charge in [0.1, 0.15) is 12.7 Å². The van der Waals surface area contributed by atoms with Crippen molar-refractivity contribution in [3.63, 3.8) is 0 Å². The molecule has 0 aliphatic carbocycles. The fraction of sp³-hybridized carbons (Fsp3) is 0.652. The van der Waals surface area contributed by atoms with Crippen molar-refractivity contribution in [3.05, 3.63) is 85.1 Å². The number of esters is 2. The van der Waals surface area contributed by atoms with E-state index in [1.807, 2.05) is 6.08 Å². The van der Waals surface area contributed by atoms with E-state index in [0.717, 1.165) is 70.6 Å². The Hall–Kier alpha value is -2.85. The number of carbonyl (C=O) groups is 2. The molecule has 0 rings (SSSR count). The zero-order valence-corrected chi connectivity index (χ0v) is 36.2. The molecule has 0 saturated heterocycles. The van der Waals surface area contributed by atoms with E-state index in [9.17, 15) is 24.2 Å². The number of phosphoric ester groups is 1. The van der Waals surface area contributed by atoms with E-state index in [1.54, 1.807) is 0 Å². The molecule has 0 bridgehead atoms. The summed E-state index contributed by atoms with van der Waals surface area (Å²) in [5.74, 6) is -1.02. The van der Waals surface area contributed by atoms with Crippen LogP contribution in [0, 0.1) is 0 Å². The number of unbranched alkanes of at least 4 members (excludes halogenated alkanes) is 11. The minimum Gasteiger partial charge on any atom is -0.462 e. The normalized spacial score (nSPS) is 14.7. The third-order valence-corrected chi connectivity index (χ3v) is 9.47. The zero-order valence-electron chi connectivity index (χ0n) is 35.3. The van der Waals surface area contributed by atoms with E-state index >= 15 is 0 Å². The number of hydrogen-bond acceptors (Lipinski definition) is 9. The maximum Gasteiger partial charge on any atom is 0.472 e. The number of aliphatic hydroxyl groups excluding tert-OH is 2. The second kappa shape index (κ2) is 41.3. The molecule has 0 aliphatic rings. The van der Waals surface area contributed by atoms with Crippen LogP contribution >= 0.6 is 7.82 Å². The highest BCUT2D eigenvalue weighted by molar-refractivity contribution is 7.47. The van der Waals surface area contributed by atoms with Crippen LogP contribution in [0.2, 0.25) is 0 Å². The SMILES string of the molecule is CCCCC/C=C/C/C=C/C/C=C/C/C=C/CCCC(=O)OC[C@H](COP(=O)(O)OC[C@@H](O)CO)OC(=O)CCCCCC/C=C/C/C=C/C/C=C/CCCCC. The van der Waals surface area contributed by atoms with Gasteiger partial charge in [-0.05, 0) is 89.9 Å². The van der Waals surface area contributed by atoms with Gasteiger partial charge in [0.25, 0.3) is 0 Å². The molecule has 0 radical (unpaired) electrons. The van der Waals surface area contributed by atoms with E-state index in [0.29, 0.717) is 19.3 Å². The molecule has 11 heteroatoms. The highest BCUT2D eigenvalue weighted by Gasteiger charge is 2.27. The third kappa shape index (κ3) is 41.1. The van der Waals surface area contributed by atoms with Crippen molar-refractivity contribution in [3.8, 4) is 0 Å². The smallest absolute Gasteiger partial charge is 0.462 e. The molecule has 0 saturated carbocycles. The number of carbonyl (C=O) groups excluding carboxylic acids is 2. The lowest BCUT2D eigenvalue weighted by Crippen LogP contribution is -2.29. The van der Waals surface area contributed by atoms with Crippen molar-refractivity contribution in [2.75, 3.05) is 26.4 Å². The van der Waals surface area contributed by atoms with Crippen LogP contribution < -0.4 is 0 Å². The van der Waals surface area contributed by atoms with E-state index in [4.69, 9.17) is 19.1 Å². The van der Waals surface area contributed by atoms with Crippen molar-refractivity contribution in [1.29, 1.82) is 0 Å². The average Bonchev–Trinajstić information content (AvgIpc) is 3.20. The van der Waals surface area contributed by atoms with Crippen LogP contribution in [0.25, 0.3) is 0 Å². The van der Waals surface area contributed by atoms with Crippen LogP contribution in [0.1, 0.15) is 155 Å². The van der Waals surface area contributed by atoms with Crippen LogP contribution in [0.3, 0.4) is 0 Å². The molecule has 1 unspecified atom stereocenters. The van der Waals surface area contributed by atoms with E-state index in [2.05, 4.69) is 97.4 Å². The Kier molecular flexibility index (Phi) is 39.2. The second-order valence-electron chi connectivity index (χ2n) is 14.0. The molecular formula is C46H77O10P. The van der Waals surface area contributed by atoms with Gasteiger partial charge in [0.15, 0.2) is 6.10 Å². The Labute approximate surface area is 345 Å². The molecule has 10 nitrogen and oxygen atoms in total. The first-order valence-corrected chi connectivity index (χ1v) is 23.0. The van der Waals surface area contributed by atoms with Crippen LogP contribution in [-0.2, 0) is 32.7 Å². The topological polar surface area (TPSA) is 149 Å². The molecule has 0 aliphatic heterocycles.